The summed E-state index contributed by atoms with van der Waals surface area (Å²) in [6.07, 6.45) is 0.389. The van der Waals surface area contributed by atoms with E-state index in [0.29, 0.717) is 18.5 Å². The van der Waals surface area contributed by atoms with E-state index in [1.165, 1.54) is 0 Å². The van der Waals surface area contributed by atoms with Gasteiger partial charge in [-0.1, -0.05) is 5.16 Å². The summed E-state index contributed by atoms with van der Waals surface area (Å²) in [5, 5.41) is 7.31. The van der Waals surface area contributed by atoms with Crippen LogP contribution in [0, 0.1) is 13.8 Å². The van der Waals surface area contributed by atoms with Crippen molar-refractivity contribution in [2.45, 2.75) is 46.2 Å². The Bertz CT molecular complexity index is 412. The van der Waals surface area contributed by atoms with E-state index in [2.05, 4.69) is 24.3 Å². The van der Waals surface area contributed by atoms with E-state index in [9.17, 15) is 4.79 Å². The fourth-order valence-electron chi connectivity index (χ4n) is 2.55. The molecule has 0 bridgehead atoms. The zero-order chi connectivity index (χ0) is 13.3. The Labute approximate surface area is 108 Å². The Morgan fingerprint density at radius 3 is 2.50 bits per heavy atom. The van der Waals surface area contributed by atoms with Gasteiger partial charge in [0.1, 0.15) is 5.76 Å². The van der Waals surface area contributed by atoms with Crippen LogP contribution in [0.15, 0.2) is 4.52 Å². The van der Waals surface area contributed by atoms with Crippen molar-refractivity contribution < 1.29 is 9.32 Å². The standard InChI is InChI=1S/C13H21N3O2/c1-8-6-16(7-9(2)14-8)13(17)5-12-10(3)15-18-11(12)4/h8-9,14H,5-7H2,1-4H3. The molecule has 0 radical (unpaired) electrons. The Morgan fingerprint density at radius 1 is 1.39 bits per heavy atom. The lowest BCUT2D eigenvalue weighted by Gasteiger charge is -2.36. The molecular weight excluding hydrogens is 230 g/mol. The number of nitrogens with one attached hydrogen (secondary N) is 1. The van der Waals surface area contributed by atoms with Crippen LogP contribution in [0.2, 0.25) is 0 Å². The van der Waals surface area contributed by atoms with Crippen molar-refractivity contribution in [2.24, 2.45) is 0 Å². The molecule has 5 nitrogen and oxygen atoms in total. The summed E-state index contributed by atoms with van der Waals surface area (Å²) in [4.78, 5) is 14.2. The van der Waals surface area contributed by atoms with Crippen LogP contribution in [0.5, 0.6) is 0 Å². The number of carbonyl (C=O) groups excluding carboxylic acids is 1. The molecule has 1 aliphatic heterocycles. The first-order chi connectivity index (χ1) is 8.47. The third-order valence-corrected chi connectivity index (χ3v) is 3.42. The molecule has 0 saturated carbocycles. The number of hydrogen-bond acceptors (Lipinski definition) is 4. The molecule has 100 valence electrons. The molecule has 0 aromatic carbocycles. The molecule has 1 amide bonds. The van der Waals surface area contributed by atoms with Crippen LogP contribution in [0.4, 0.5) is 0 Å². The van der Waals surface area contributed by atoms with Gasteiger partial charge in [0.05, 0.1) is 12.1 Å². The molecule has 2 heterocycles. The quantitative estimate of drug-likeness (QED) is 0.853. The van der Waals surface area contributed by atoms with Crippen molar-refractivity contribution in [3.8, 4) is 0 Å². The van der Waals surface area contributed by atoms with Gasteiger partial charge in [-0.05, 0) is 27.7 Å². The Balaban J connectivity index is 2.04. The van der Waals surface area contributed by atoms with Crippen molar-refractivity contribution in [1.29, 1.82) is 0 Å². The highest BCUT2D eigenvalue weighted by Gasteiger charge is 2.26. The van der Waals surface area contributed by atoms with Gasteiger partial charge in [0.2, 0.25) is 5.91 Å². The number of nitrogens with zero attached hydrogens (tertiary/aromatic N) is 2. The van der Waals surface area contributed by atoms with Crippen molar-refractivity contribution >= 4 is 5.91 Å². The summed E-state index contributed by atoms with van der Waals surface area (Å²) in [7, 11) is 0. The predicted molar refractivity (Wildman–Crippen MR) is 68.3 cm³/mol. The molecule has 0 aliphatic carbocycles. The highest BCUT2D eigenvalue weighted by Crippen LogP contribution is 2.15. The monoisotopic (exact) mass is 251 g/mol. The number of aryl methyl sites for hydroxylation is 2. The minimum atomic E-state index is 0.157. The average Bonchev–Trinajstić information content (AvgIpc) is 2.59. The third-order valence-electron chi connectivity index (χ3n) is 3.42. The first kappa shape index (κ1) is 13.1. The maximum atomic E-state index is 12.3. The molecular formula is C13H21N3O2. The lowest BCUT2D eigenvalue weighted by Crippen LogP contribution is -2.56. The molecule has 1 aromatic heterocycles. The van der Waals surface area contributed by atoms with Gasteiger partial charge < -0.3 is 14.7 Å². The van der Waals surface area contributed by atoms with Gasteiger partial charge >= 0.3 is 0 Å². The molecule has 1 fully saturated rings. The van der Waals surface area contributed by atoms with Crippen molar-refractivity contribution in [1.82, 2.24) is 15.4 Å². The van der Waals surface area contributed by atoms with Crippen molar-refractivity contribution in [3.63, 3.8) is 0 Å². The van der Waals surface area contributed by atoms with Gasteiger partial charge in [-0.15, -0.1) is 0 Å². The molecule has 1 aliphatic rings. The summed E-state index contributed by atoms with van der Waals surface area (Å²) in [5.41, 5.74) is 1.75. The van der Waals surface area contributed by atoms with E-state index in [1.807, 2.05) is 18.7 Å². The molecule has 5 heteroatoms. The number of amides is 1. The maximum Gasteiger partial charge on any atom is 0.227 e. The van der Waals surface area contributed by atoms with E-state index in [0.717, 1.165) is 30.1 Å². The van der Waals surface area contributed by atoms with Gasteiger partial charge in [-0.3, -0.25) is 4.79 Å². The van der Waals surface area contributed by atoms with Crippen LogP contribution in [0.25, 0.3) is 0 Å². The number of carbonyl (C=O) groups is 1. The number of aromatic nitrogens is 1. The van der Waals surface area contributed by atoms with Crippen LogP contribution in [0.3, 0.4) is 0 Å². The summed E-state index contributed by atoms with van der Waals surface area (Å²) in [5.74, 6) is 0.904. The largest absolute Gasteiger partial charge is 0.361 e. The number of piperazine rings is 1. The lowest BCUT2D eigenvalue weighted by atomic mass is 10.1. The molecule has 2 unspecified atom stereocenters. The molecule has 18 heavy (non-hydrogen) atoms. The zero-order valence-electron chi connectivity index (χ0n) is 11.5. The topological polar surface area (TPSA) is 58.4 Å². The number of rotatable bonds is 2. The van der Waals surface area contributed by atoms with Crippen LogP contribution >= 0.6 is 0 Å². The summed E-state index contributed by atoms with van der Waals surface area (Å²) in [6, 6.07) is 0.699. The van der Waals surface area contributed by atoms with Crippen LogP contribution in [-0.4, -0.2) is 41.1 Å². The third kappa shape index (κ3) is 2.72. The normalized spacial score (nSPS) is 24.3. The smallest absolute Gasteiger partial charge is 0.227 e. The van der Waals surface area contributed by atoms with E-state index < -0.39 is 0 Å². The fraction of sp³-hybridized carbons (Fsp3) is 0.692. The minimum Gasteiger partial charge on any atom is -0.361 e. The van der Waals surface area contributed by atoms with E-state index in [-0.39, 0.29) is 5.91 Å². The molecule has 1 N–H and O–H groups in total. The molecule has 0 spiro atoms. The molecule has 2 rings (SSSR count). The summed E-state index contributed by atoms with van der Waals surface area (Å²) in [6.45, 7) is 9.48. The maximum absolute atomic E-state index is 12.3. The zero-order valence-corrected chi connectivity index (χ0v) is 11.5. The fourth-order valence-corrected chi connectivity index (χ4v) is 2.55. The lowest BCUT2D eigenvalue weighted by molar-refractivity contribution is -0.132. The first-order valence-electron chi connectivity index (χ1n) is 6.43. The summed E-state index contributed by atoms with van der Waals surface area (Å²) >= 11 is 0. The van der Waals surface area contributed by atoms with Gasteiger partial charge in [0.15, 0.2) is 0 Å². The van der Waals surface area contributed by atoms with E-state index in [1.54, 1.807) is 0 Å². The highest BCUT2D eigenvalue weighted by molar-refractivity contribution is 5.79. The molecule has 1 saturated heterocycles. The summed E-state index contributed by atoms with van der Waals surface area (Å²) < 4.78 is 5.09. The Hall–Kier alpha value is -1.36. The number of hydrogen-bond donors (Lipinski definition) is 1. The van der Waals surface area contributed by atoms with Crippen molar-refractivity contribution in [3.05, 3.63) is 17.0 Å². The Kier molecular flexibility index (Phi) is 3.71. The SMILES string of the molecule is Cc1noc(C)c1CC(=O)N1CC(C)NC(C)C1. The second-order valence-corrected chi connectivity index (χ2v) is 5.25. The molecule has 1 aromatic rings. The van der Waals surface area contributed by atoms with Gasteiger partial charge in [-0.25, -0.2) is 0 Å². The minimum absolute atomic E-state index is 0.157. The van der Waals surface area contributed by atoms with Crippen LogP contribution in [-0.2, 0) is 11.2 Å². The van der Waals surface area contributed by atoms with Gasteiger partial charge in [0.25, 0.3) is 0 Å². The van der Waals surface area contributed by atoms with Crippen LogP contribution in [0.1, 0.15) is 30.9 Å². The Morgan fingerprint density at radius 2 is 2.00 bits per heavy atom. The highest BCUT2D eigenvalue weighted by atomic mass is 16.5. The second-order valence-electron chi connectivity index (χ2n) is 5.25. The van der Waals surface area contributed by atoms with Gasteiger partial charge in [0, 0.05) is 30.7 Å². The van der Waals surface area contributed by atoms with E-state index in [4.69, 9.17) is 4.52 Å². The predicted octanol–water partition coefficient (Wildman–Crippen LogP) is 1.04. The average molecular weight is 251 g/mol. The molecule has 2 atom stereocenters. The first-order valence-corrected chi connectivity index (χ1v) is 6.43. The van der Waals surface area contributed by atoms with Crippen LogP contribution < -0.4 is 5.32 Å². The van der Waals surface area contributed by atoms with Gasteiger partial charge in [-0.2, -0.15) is 0 Å². The van der Waals surface area contributed by atoms with E-state index >= 15 is 0 Å². The van der Waals surface area contributed by atoms with Crippen molar-refractivity contribution in [2.75, 3.05) is 13.1 Å². The second kappa shape index (κ2) is 5.10.